The van der Waals surface area contributed by atoms with Gasteiger partial charge in [-0.1, -0.05) is 60.7 Å². The Morgan fingerprint density at radius 3 is 2.21 bits per heavy atom. The van der Waals surface area contributed by atoms with E-state index in [2.05, 4.69) is 15.5 Å². The molecule has 0 spiro atoms. The maximum atomic E-state index is 13.0. The highest BCUT2D eigenvalue weighted by molar-refractivity contribution is 5.80. The summed E-state index contributed by atoms with van der Waals surface area (Å²) >= 11 is 0. The van der Waals surface area contributed by atoms with Crippen molar-refractivity contribution in [2.24, 2.45) is 19.2 Å². The van der Waals surface area contributed by atoms with Gasteiger partial charge >= 0.3 is 5.69 Å². The molecule has 5 aromatic rings. The first-order chi connectivity index (χ1) is 18.5. The molecule has 0 saturated heterocycles. The molecule has 192 valence electrons. The molecule has 0 atom stereocenters. The van der Waals surface area contributed by atoms with Gasteiger partial charge in [-0.05, 0) is 47.4 Å². The third kappa shape index (κ3) is 5.27. The monoisotopic (exact) mass is 508 g/mol. The molecule has 0 aliphatic carbocycles. The Morgan fingerprint density at radius 2 is 1.53 bits per heavy atom. The molecule has 3 aromatic carbocycles. The lowest BCUT2D eigenvalue weighted by Crippen LogP contribution is -2.37. The molecular weight excluding hydrogens is 480 g/mol. The van der Waals surface area contributed by atoms with Crippen LogP contribution in [0.25, 0.3) is 11.2 Å². The quantitative estimate of drug-likeness (QED) is 0.242. The first-order valence-electron chi connectivity index (χ1n) is 12.3. The fourth-order valence-corrected chi connectivity index (χ4v) is 4.19. The summed E-state index contributed by atoms with van der Waals surface area (Å²) < 4.78 is 10.1. The van der Waals surface area contributed by atoms with Crippen LogP contribution in [-0.2, 0) is 33.7 Å². The molecule has 2 heterocycles. The largest absolute Gasteiger partial charge is 0.489 e. The lowest BCUT2D eigenvalue weighted by molar-refractivity contribution is 0.306. The Hall–Kier alpha value is -4.92. The summed E-state index contributed by atoms with van der Waals surface area (Å²) in [6.45, 7) is 0.982. The number of anilines is 1. The van der Waals surface area contributed by atoms with Gasteiger partial charge in [-0.3, -0.25) is 13.9 Å². The van der Waals surface area contributed by atoms with Crippen LogP contribution in [0.4, 0.5) is 5.95 Å². The van der Waals surface area contributed by atoms with Gasteiger partial charge in [-0.2, -0.15) is 10.1 Å². The molecule has 1 N–H and O–H groups in total. The van der Waals surface area contributed by atoms with E-state index in [9.17, 15) is 9.59 Å². The van der Waals surface area contributed by atoms with Gasteiger partial charge in [0.25, 0.3) is 5.56 Å². The number of ether oxygens (including phenoxy) is 1. The number of fused-ring (bicyclic) bond motifs is 1. The highest BCUT2D eigenvalue weighted by Crippen LogP contribution is 2.18. The summed E-state index contributed by atoms with van der Waals surface area (Å²) in [4.78, 5) is 30.1. The summed E-state index contributed by atoms with van der Waals surface area (Å²) in [5.41, 5.74) is 5.89. The molecule has 0 aliphatic rings. The lowest BCUT2D eigenvalue weighted by atomic mass is 10.1. The second-order valence-electron chi connectivity index (χ2n) is 8.91. The zero-order chi connectivity index (χ0) is 26.5. The van der Waals surface area contributed by atoms with Crippen LogP contribution < -0.4 is 21.4 Å². The van der Waals surface area contributed by atoms with E-state index in [1.807, 2.05) is 84.9 Å². The van der Waals surface area contributed by atoms with Gasteiger partial charge in [0.1, 0.15) is 12.4 Å². The van der Waals surface area contributed by atoms with Crippen molar-refractivity contribution in [2.75, 3.05) is 5.43 Å². The number of hydrogen-bond acceptors (Lipinski definition) is 6. The molecule has 0 unspecified atom stereocenters. The predicted octanol–water partition coefficient (Wildman–Crippen LogP) is 3.70. The minimum atomic E-state index is -0.431. The Kier molecular flexibility index (Phi) is 7.17. The zero-order valence-corrected chi connectivity index (χ0v) is 21.2. The summed E-state index contributed by atoms with van der Waals surface area (Å²) in [5, 5.41) is 4.35. The van der Waals surface area contributed by atoms with Crippen LogP contribution in [0, 0.1) is 0 Å². The van der Waals surface area contributed by atoms with Crippen LogP contribution in [0.5, 0.6) is 5.75 Å². The fraction of sp³-hybridized carbons (Fsp3) is 0.172. The molecule has 0 aliphatic heterocycles. The zero-order valence-electron chi connectivity index (χ0n) is 21.2. The van der Waals surface area contributed by atoms with Crippen molar-refractivity contribution in [1.82, 2.24) is 18.7 Å². The molecule has 5 rings (SSSR count). The van der Waals surface area contributed by atoms with E-state index in [1.165, 1.54) is 11.6 Å². The first kappa shape index (κ1) is 24.8. The van der Waals surface area contributed by atoms with Crippen molar-refractivity contribution in [3.05, 3.63) is 122 Å². The van der Waals surface area contributed by atoms with Gasteiger partial charge < -0.3 is 9.30 Å². The summed E-state index contributed by atoms with van der Waals surface area (Å²) in [6.07, 6.45) is 2.35. The standard InChI is InChI=1S/C29H28N6O3/c1-33-26-25(27(36)34(2)29(33)37)35(18-17-21-9-5-3-6-10-21)28(31-26)32-30-19-22-13-15-24(16-14-22)38-20-23-11-7-4-8-12-23/h3-16,19H,17-18,20H2,1-2H3,(H,31,32)/b30-19-. The molecule has 9 heteroatoms. The minimum Gasteiger partial charge on any atom is -0.489 e. The number of aryl methyl sites for hydroxylation is 3. The number of hydrogen-bond donors (Lipinski definition) is 1. The number of nitrogens with zero attached hydrogens (tertiary/aromatic N) is 5. The average molecular weight is 509 g/mol. The van der Waals surface area contributed by atoms with Crippen molar-refractivity contribution < 1.29 is 4.74 Å². The average Bonchev–Trinajstić information content (AvgIpc) is 3.33. The molecule has 2 aromatic heterocycles. The van der Waals surface area contributed by atoms with Crippen LogP contribution in [0.2, 0.25) is 0 Å². The second kappa shape index (κ2) is 11.0. The summed E-state index contributed by atoms with van der Waals surface area (Å²) in [7, 11) is 3.07. The van der Waals surface area contributed by atoms with E-state index in [-0.39, 0.29) is 0 Å². The molecule has 0 radical (unpaired) electrons. The second-order valence-corrected chi connectivity index (χ2v) is 8.91. The topological polar surface area (TPSA) is 95.4 Å². The van der Waals surface area contributed by atoms with E-state index < -0.39 is 11.2 Å². The molecule has 0 fully saturated rings. The SMILES string of the molecule is Cn1c(=O)c2c(nc(N/N=C\c3ccc(OCc4ccccc4)cc3)n2CCc2ccccc2)n(C)c1=O. The minimum absolute atomic E-state index is 0.309. The smallest absolute Gasteiger partial charge is 0.332 e. The molecule has 0 saturated carbocycles. The number of imidazole rings is 1. The maximum absolute atomic E-state index is 13.0. The van der Waals surface area contributed by atoms with E-state index in [1.54, 1.807) is 17.8 Å². The summed E-state index contributed by atoms with van der Waals surface area (Å²) in [6, 6.07) is 27.6. The van der Waals surface area contributed by atoms with E-state index in [0.29, 0.717) is 36.7 Å². The first-order valence-corrected chi connectivity index (χ1v) is 12.3. The van der Waals surface area contributed by atoms with E-state index in [4.69, 9.17) is 4.74 Å². The molecule has 0 bridgehead atoms. The van der Waals surface area contributed by atoms with Gasteiger partial charge in [0.15, 0.2) is 11.2 Å². The van der Waals surface area contributed by atoms with E-state index in [0.717, 1.165) is 27.0 Å². The number of hydrazone groups is 1. The molecule has 0 amide bonds. The number of rotatable bonds is 9. The third-order valence-electron chi connectivity index (χ3n) is 6.32. The van der Waals surface area contributed by atoms with Crippen LogP contribution in [0.1, 0.15) is 16.7 Å². The van der Waals surface area contributed by atoms with Crippen molar-refractivity contribution in [3.63, 3.8) is 0 Å². The highest BCUT2D eigenvalue weighted by Gasteiger charge is 2.19. The predicted molar refractivity (Wildman–Crippen MR) is 149 cm³/mol. The van der Waals surface area contributed by atoms with Gasteiger partial charge in [-0.15, -0.1) is 0 Å². The van der Waals surface area contributed by atoms with Crippen molar-refractivity contribution in [2.45, 2.75) is 19.6 Å². The van der Waals surface area contributed by atoms with E-state index >= 15 is 0 Å². The third-order valence-corrected chi connectivity index (χ3v) is 6.32. The molecular formula is C29H28N6O3. The Morgan fingerprint density at radius 1 is 0.868 bits per heavy atom. The van der Waals surface area contributed by atoms with Gasteiger partial charge in [0, 0.05) is 20.6 Å². The van der Waals surface area contributed by atoms with Crippen molar-refractivity contribution in [3.8, 4) is 5.75 Å². The summed E-state index contributed by atoms with van der Waals surface area (Å²) in [5.74, 6) is 1.15. The normalized spacial score (nSPS) is 11.3. The lowest BCUT2D eigenvalue weighted by Gasteiger charge is -2.09. The van der Waals surface area contributed by atoms with Crippen LogP contribution in [-0.4, -0.2) is 24.9 Å². The molecule has 38 heavy (non-hydrogen) atoms. The Balaban J connectivity index is 1.36. The Bertz CT molecular complexity index is 1680. The van der Waals surface area contributed by atoms with Crippen molar-refractivity contribution in [1.29, 1.82) is 0 Å². The number of aromatic nitrogens is 4. The highest BCUT2D eigenvalue weighted by atomic mass is 16.5. The number of nitrogens with one attached hydrogen (secondary N) is 1. The maximum Gasteiger partial charge on any atom is 0.332 e. The van der Waals surface area contributed by atoms with Crippen molar-refractivity contribution >= 4 is 23.3 Å². The Labute approximate surface area is 219 Å². The van der Waals surface area contributed by atoms with Gasteiger partial charge in [0.2, 0.25) is 5.95 Å². The van der Waals surface area contributed by atoms with Crippen LogP contribution in [0.3, 0.4) is 0 Å². The van der Waals surface area contributed by atoms with Gasteiger partial charge in [0.05, 0.1) is 6.21 Å². The van der Waals surface area contributed by atoms with Gasteiger partial charge in [-0.25, -0.2) is 10.2 Å². The molecule has 9 nitrogen and oxygen atoms in total. The van der Waals surface area contributed by atoms with Crippen LogP contribution in [0.15, 0.2) is 99.6 Å². The number of benzene rings is 3. The van der Waals surface area contributed by atoms with Crippen LogP contribution >= 0.6 is 0 Å². The fourth-order valence-electron chi connectivity index (χ4n) is 4.19.